The predicted molar refractivity (Wildman–Crippen MR) is 76.0 cm³/mol. The highest BCUT2D eigenvalue weighted by Gasteiger charge is 2.25. The van der Waals surface area contributed by atoms with Crippen molar-refractivity contribution in [3.8, 4) is 0 Å². The molecule has 1 fully saturated rings. The van der Waals surface area contributed by atoms with E-state index in [-0.39, 0.29) is 16.9 Å². The summed E-state index contributed by atoms with van der Waals surface area (Å²) in [5.74, 6) is 0.0556. The molecule has 1 aromatic rings. The summed E-state index contributed by atoms with van der Waals surface area (Å²) < 4.78 is 19.2. The smallest absolute Gasteiger partial charge is 0.142 e. The topological polar surface area (TPSA) is 21.3 Å². The summed E-state index contributed by atoms with van der Waals surface area (Å²) in [6, 6.07) is 5.24. The van der Waals surface area contributed by atoms with Crippen LogP contribution in [-0.2, 0) is 4.74 Å². The Hall–Kier alpha value is -0.640. The highest BCUT2D eigenvalue weighted by atomic mass is 35.5. The second-order valence-electron chi connectivity index (χ2n) is 5.08. The number of rotatable bonds is 5. The third-order valence-corrected chi connectivity index (χ3v) is 3.89. The van der Waals surface area contributed by atoms with E-state index in [1.54, 1.807) is 12.1 Å². The van der Waals surface area contributed by atoms with Gasteiger partial charge in [-0.05, 0) is 43.5 Å². The predicted octanol–water partition coefficient (Wildman–Crippen LogP) is 3.95. The van der Waals surface area contributed by atoms with Crippen LogP contribution >= 0.6 is 11.6 Å². The van der Waals surface area contributed by atoms with Crippen LogP contribution in [0.25, 0.3) is 0 Å². The molecule has 1 aliphatic heterocycles. The Bertz CT molecular complexity index is 407. The Kier molecular flexibility index (Phi) is 5.61. The number of ether oxygens (including phenoxy) is 1. The van der Waals surface area contributed by atoms with E-state index in [1.165, 1.54) is 0 Å². The maximum absolute atomic E-state index is 13.6. The zero-order chi connectivity index (χ0) is 13.7. The number of benzene rings is 1. The molecule has 1 N–H and O–H groups in total. The molecular weight excluding hydrogens is 265 g/mol. The second-order valence-corrected chi connectivity index (χ2v) is 5.49. The largest absolute Gasteiger partial charge is 0.381 e. The van der Waals surface area contributed by atoms with Crippen molar-refractivity contribution in [3.63, 3.8) is 0 Å². The van der Waals surface area contributed by atoms with Gasteiger partial charge in [0.15, 0.2) is 0 Å². The number of halogens is 2. The van der Waals surface area contributed by atoms with Gasteiger partial charge in [-0.3, -0.25) is 0 Å². The van der Waals surface area contributed by atoms with Crippen LogP contribution in [0.3, 0.4) is 0 Å². The Labute approximate surface area is 119 Å². The molecule has 0 aromatic heterocycles. The van der Waals surface area contributed by atoms with Crippen molar-refractivity contribution in [2.24, 2.45) is 5.92 Å². The first-order valence-electron chi connectivity index (χ1n) is 6.98. The van der Waals surface area contributed by atoms with E-state index >= 15 is 0 Å². The van der Waals surface area contributed by atoms with Gasteiger partial charge in [-0.25, -0.2) is 4.39 Å². The van der Waals surface area contributed by atoms with Crippen molar-refractivity contribution < 1.29 is 9.13 Å². The molecule has 2 nitrogen and oxygen atoms in total. The first kappa shape index (κ1) is 14.8. The normalized spacial score (nSPS) is 21.3. The van der Waals surface area contributed by atoms with E-state index in [9.17, 15) is 4.39 Å². The van der Waals surface area contributed by atoms with Gasteiger partial charge >= 0.3 is 0 Å². The standard InChI is InChI=1S/C15H21ClFNO/c1-2-7-18-15(12-4-3-8-19-10-12)11-5-6-13(16)14(17)9-11/h5-6,9,12,15,18H,2-4,7-8,10H2,1H3. The number of hydrogen-bond donors (Lipinski definition) is 1. The molecule has 0 radical (unpaired) electrons. The van der Waals surface area contributed by atoms with Crippen LogP contribution in [0.4, 0.5) is 4.39 Å². The summed E-state index contributed by atoms with van der Waals surface area (Å²) in [6.45, 7) is 4.63. The minimum absolute atomic E-state index is 0.145. The molecule has 2 atom stereocenters. The first-order valence-corrected chi connectivity index (χ1v) is 7.36. The molecule has 0 bridgehead atoms. The highest BCUT2D eigenvalue weighted by molar-refractivity contribution is 6.30. The second kappa shape index (κ2) is 7.22. The van der Waals surface area contributed by atoms with E-state index in [0.29, 0.717) is 5.92 Å². The van der Waals surface area contributed by atoms with Crippen molar-refractivity contribution in [1.29, 1.82) is 0 Å². The lowest BCUT2D eigenvalue weighted by Gasteiger charge is -2.31. The molecule has 0 aliphatic carbocycles. The van der Waals surface area contributed by atoms with E-state index in [1.807, 2.05) is 6.07 Å². The minimum Gasteiger partial charge on any atom is -0.381 e. The Morgan fingerprint density at radius 1 is 1.53 bits per heavy atom. The lowest BCUT2D eigenvalue weighted by Crippen LogP contribution is -2.34. The van der Waals surface area contributed by atoms with Crippen LogP contribution in [0.15, 0.2) is 18.2 Å². The van der Waals surface area contributed by atoms with Gasteiger partial charge in [0.05, 0.1) is 11.6 Å². The molecule has 0 saturated carbocycles. The lowest BCUT2D eigenvalue weighted by atomic mass is 9.88. The summed E-state index contributed by atoms with van der Waals surface area (Å²) in [5, 5.41) is 3.69. The molecule has 19 heavy (non-hydrogen) atoms. The van der Waals surface area contributed by atoms with Gasteiger partial charge in [-0.15, -0.1) is 0 Å². The van der Waals surface area contributed by atoms with Crippen LogP contribution in [-0.4, -0.2) is 19.8 Å². The van der Waals surface area contributed by atoms with Gasteiger partial charge < -0.3 is 10.1 Å². The van der Waals surface area contributed by atoms with Crippen LogP contribution in [0, 0.1) is 11.7 Å². The maximum atomic E-state index is 13.6. The first-order chi connectivity index (χ1) is 9.22. The zero-order valence-corrected chi connectivity index (χ0v) is 12.0. The fraction of sp³-hybridized carbons (Fsp3) is 0.600. The van der Waals surface area contributed by atoms with Gasteiger partial charge in [0.1, 0.15) is 5.82 Å². The summed E-state index contributed by atoms with van der Waals surface area (Å²) in [7, 11) is 0. The Morgan fingerprint density at radius 2 is 2.37 bits per heavy atom. The molecule has 1 saturated heterocycles. The molecule has 0 amide bonds. The SMILES string of the molecule is CCCNC(c1ccc(Cl)c(F)c1)C1CCCOC1. The van der Waals surface area contributed by atoms with E-state index in [0.717, 1.165) is 44.6 Å². The molecule has 2 unspecified atom stereocenters. The zero-order valence-electron chi connectivity index (χ0n) is 11.3. The van der Waals surface area contributed by atoms with Crippen LogP contribution in [0.1, 0.15) is 37.8 Å². The van der Waals surface area contributed by atoms with Crippen molar-refractivity contribution in [1.82, 2.24) is 5.32 Å². The van der Waals surface area contributed by atoms with Gasteiger partial charge in [0.25, 0.3) is 0 Å². The van der Waals surface area contributed by atoms with Crippen LogP contribution in [0.5, 0.6) is 0 Å². The summed E-state index contributed by atoms with van der Waals surface area (Å²) in [6.07, 6.45) is 3.25. The third kappa shape index (κ3) is 3.91. The van der Waals surface area contributed by atoms with Crippen molar-refractivity contribution in [2.75, 3.05) is 19.8 Å². The van der Waals surface area contributed by atoms with Gasteiger partial charge in [-0.1, -0.05) is 24.6 Å². The fourth-order valence-electron chi connectivity index (χ4n) is 2.59. The van der Waals surface area contributed by atoms with Gasteiger partial charge in [0.2, 0.25) is 0 Å². The van der Waals surface area contributed by atoms with Crippen molar-refractivity contribution in [2.45, 2.75) is 32.2 Å². The average Bonchev–Trinajstić information content (AvgIpc) is 2.44. The summed E-state index contributed by atoms with van der Waals surface area (Å²) in [4.78, 5) is 0. The lowest BCUT2D eigenvalue weighted by molar-refractivity contribution is 0.0390. The molecule has 4 heteroatoms. The molecule has 106 valence electrons. The summed E-state index contributed by atoms with van der Waals surface area (Å²) >= 11 is 5.76. The monoisotopic (exact) mass is 285 g/mol. The maximum Gasteiger partial charge on any atom is 0.142 e. The minimum atomic E-state index is -0.348. The van der Waals surface area contributed by atoms with E-state index < -0.39 is 0 Å². The van der Waals surface area contributed by atoms with E-state index in [4.69, 9.17) is 16.3 Å². The van der Waals surface area contributed by atoms with Crippen molar-refractivity contribution in [3.05, 3.63) is 34.6 Å². The number of nitrogens with one attached hydrogen (secondary N) is 1. The highest BCUT2D eigenvalue weighted by Crippen LogP contribution is 2.30. The Morgan fingerprint density at radius 3 is 3.00 bits per heavy atom. The fourth-order valence-corrected chi connectivity index (χ4v) is 2.71. The summed E-state index contributed by atoms with van der Waals surface area (Å²) in [5.41, 5.74) is 0.964. The number of hydrogen-bond acceptors (Lipinski definition) is 2. The molecular formula is C15H21ClFNO. The average molecular weight is 286 g/mol. The van der Waals surface area contributed by atoms with Gasteiger partial charge in [0, 0.05) is 18.6 Å². The van der Waals surface area contributed by atoms with Crippen LogP contribution in [0.2, 0.25) is 5.02 Å². The Balaban J connectivity index is 2.17. The van der Waals surface area contributed by atoms with Gasteiger partial charge in [-0.2, -0.15) is 0 Å². The molecule has 1 heterocycles. The van der Waals surface area contributed by atoms with Crippen molar-refractivity contribution >= 4 is 11.6 Å². The molecule has 1 aromatic carbocycles. The molecule has 0 spiro atoms. The molecule has 2 rings (SSSR count). The molecule has 1 aliphatic rings. The quantitative estimate of drug-likeness (QED) is 0.884. The van der Waals surface area contributed by atoms with Crippen LogP contribution < -0.4 is 5.32 Å². The third-order valence-electron chi connectivity index (χ3n) is 3.58. The van der Waals surface area contributed by atoms with E-state index in [2.05, 4.69) is 12.2 Å².